The van der Waals surface area contributed by atoms with Crippen molar-refractivity contribution in [3.8, 4) is 0 Å². The highest BCUT2D eigenvalue weighted by molar-refractivity contribution is 9.10. The quantitative estimate of drug-likeness (QED) is 0.216. The molecule has 4 aromatic carbocycles. The van der Waals surface area contributed by atoms with Crippen molar-refractivity contribution in [3.05, 3.63) is 129 Å². The largest absolute Gasteiger partial charge is 0.350 e. The highest BCUT2D eigenvalue weighted by Crippen LogP contribution is 2.38. The summed E-state index contributed by atoms with van der Waals surface area (Å²) in [7, 11) is 0. The smallest absolute Gasteiger partial charge is 0.283 e. The summed E-state index contributed by atoms with van der Waals surface area (Å²) >= 11 is 10.7. The average molecular weight is 605 g/mol. The minimum absolute atomic E-state index is 0.197. The summed E-state index contributed by atoms with van der Waals surface area (Å²) < 4.78 is 0.896. The molecule has 0 saturated heterocycles. The lowest BCUT2D eigenvalue weighted by Crippen LogP contribution is -2.32. The van der Waals surface area contributed by atoms with Crippen LogP contribution < -0.4 is 15.5 Å². The first-order valence-electron chi connectivity index (χ1n) is 11.5. The molecule has 6 nitrogen and oxygen atoms in total. The van der Waals surface area contributed by atoms with Crippen LogP contribution in [-0.2, 0) is 9.59 Å². The molecule has 0 aliphatic carbocycles. The van der Waals surface area contributed by atoms with E-state index in [1.807, 2.05) is 30.3 Å². The molecule has 9 heteroatoms. The maximum absolute atomic E-state index is 13.5. The minimum atomic E-state index is -0.435. The van der Waals surface area contributed by atoms with E-state index in [1.54, 1.807) is 72.8 Å². The van der Waals surface area contributed by atoms with Gasteiger partial charge in [-0.2, -0.15) is 0 Å². The van der Waals surface area contributed by atoms with E-state index in [1.165, 1.54) is 16.7 Å². The minimum Gasteiger partial charge on any atom is -0.350 e. The van der Waals surface area contributed by atoms with E-state index in [0.29, 0.717) is 27.6 Å². The number of para-hydroxylation sites is 1. The molecule has 0 fully saturated rings. The molecule has 0 radical (unpaired) electrons. The van der Waals surface area contributed by atoms with Crippen LogP contribution in [0.5, 0.6) is 0 Å². The second-order valence-corrected chi connectivity index (χ2v) is 10.6. The zero-order chi connectivity index (χ0) is 26.6. The normalized spacial score (nSPS) is 13.2. The molecule has 1 aliphatic heterocycles. The van der Waals surface area contributed by atoms with Gasteiger partial charge in [-0.15, -0.1) is 0 Å². The van der Waals surface area contributed by atoms with Gasteiger partial charge >= 0.3 is 0 Å². The number of imide groups is 1. The Morgan fingerprint density at radius 3 is 2.08 bits per heavy atom. The Balaban J connectivity index is 1.40. The molecule has 2 N–H and O–H groups in total. The Hall–Kier alpha value is -3.85. The maximum Gasteiger partial charge on any atom is 0.283 e. The molecule has 1 heterocycles. The summed E-state index contributed by atoms with van der Waals surface area (Å²) in [4.78, 5) is 41.7. The van der Waals surface area contributed by atoms with Crippen LogP contribution in [0.25, 0.3) is 0 Å². The molecule has 3 amide bonds. The fourth-order valence-electron chi connectivity index (χ4n) is 3.77. The van der Waals surface area contributed by atoms with Crippen LogP contribution in [-0.4, -0.2) is 17.7 Å². The summed E-state index contributed by atoms with van der Waals surface area (Å²) in [5.41, 5.74) is 2.31. The van der Waals surface area contributed by atoms with Crippen molar-refractivity contribution in [1.29, 1.82) is 0 Å². The zero-order valence-corrected chi connectivity index (χ0v) is 22.8. The zero-order valence-electron chi connectivity index (χ0n) is 19.7. The molecule has 0 spiro atoms. The van der Waals surface area contributed by atoms with E-state index in [2.05, 4.69) is 26.6 Å². The molecule has 0 saturated carbocycles. The van der Waals surface area contributed by atoms with E-state index in [0.717, 1.165) is 9.37 Å². The number of halogens is 2. The van der Waals surface area contributed by atoms with Gasteiger partial charge in [-0.25, -0.2) is 4.90 Å². The van der Waals surface area contributed by atoms with Crippen LogP contribution in [0.15, 0.2) is 123 Å². The second-order valence-electron chi connectivity index (χ2n) is 8.18. The van der Waals surface area contributed by atoms with Gasteiger partial charge in [0.15, 0.2) is 0 Å². The van der Waals surface area contributed by atoms with Crippen molar-refractivity contribution in [2.75, 3.05) is 15.5 Å². The van der Waals surface area contributed by atoms with Gasteiger partial charge in [0.1, 0.15) is 10.6 Å². The summed E-state index contributed by atoms with van der Waals surface area (Å²) in [5, 5.41) is 6.32. The number of anilines is 3. The molecule has 0 atom stereocenters. The first-order valence-corrected chi connectivity index (χ1v) is 13.4. The lowest BCUT2D eigenvalue weighted by atomic mass is 10.2. The van der Waals surface area contributed by atoms with Gasteiger partial charge < -0.3 is 10.6 Å². The van der Waals surface area contributed by atoms with Gasteiger partial charge in [-0.05, 0) is 72.8 Å². The van der Waals surface area contributed by atoms with Crippen molar-refractivity contribution in [1.82, 2.24) is 0 Å². The third-order valence-corrected chi connectivity index (χ3v) is 7.57. The fraction of sp³-hybridized carbons (Fsp3) is 0. The van der Waals surface area contributed by atoms with Crippen molar-refractivity contribution in [3.63, 3.8) is 0 Å². The van der Waals surface area contributed by atoms with E-state index in [9.17, 15) is 14.4 Å². The van der Waals surface area contributed by atoms with Crippen LogP contribution in [0.1, 0.15) is 10.4 Å². The molecular formula is C29H19BrClN3O3S. The molecule has 38 heavy (non-hydrogen) atoms. The molecule has 0 aromatic heterocycles. The highest BCUT2D eigenvalue weighted by Gasteiger charge is 2.40. The van der Waals surface area contributed by atoms with Crippen LogP contribution in [0.3, 0.4) is 0 Å². The van der Waals surface area contributed by atoms with Gasteiger partial charge in [0, 0.05) is 20.7 Å². The number of hydrogen-bond donors (Lipinski definition) is 2. The van der Waals surface area contributed by atoms with Gasteiger partial charge in [-0.1, -0.05) is 69.6 Å². The highest BCUT2D eigenvalue weighted by atomic mass is 79.9. The van der Waals surface area contributed by atoms with Crippen molar-refractivity contribution in [2.24, 2.45) is 0 Å². The SMILES string of the molecule is O=C(Nc1ccc(SC2=C(Nc3ccc(Br)cc3)C(=O)N(c3ccccc3)C2=O)cc1)c1ccccc1Cl. The monoisotopic (exact) mass is 603 g/mol. The lowest BCUT2D eigenvalue weighted by Gasteiger charge is -2.15. The van der Waals surface area contributed by atoms with Gasteiger partial charge in [0.05, 0.1) is 16.3 Å². The molecule has 0 bridgehead atoms. The molecule has 4 aromatic rings. The molecule has 188 valence electrons. The number of nitrogens with zero attached hydrogens (tertiary/aromatic N) is 1. The van der Waals surface area contributed by atoms with Gasteiger partial charge in [0.2, 0.25) is 0 Å². The average Bonchev–Trinajstić information content (AvgIpc) is 3.15. The Morgan fingerprint density at radius 1 is 0.763 bits per heavy atom. The van der Waals surface area contributed by atoms with Crippen molar-refractivity contribution < 1.29 is 14.4 Å². The van der Waals surface area contributed by atoms with Crippen LogP contribution in [0.2, 0.25) is 5.02 Å². The number of carbonyl (C=O) groups is 3. The van der Waals surface area contributed by atoms with Crippen LogP contribution in [0.4, 0.5) is 17.1 Å². The maximum atomic E-state index is 13.5. The van der Waals surface area contributed by atoms with E-state index < -0.39 is 11.8 Å². The van der Waals surface area contributed by atoms with Crippen molar-refractivity contribution >= 4 is 74.1 Å². The Bertz CT molecular complexity index is 1560. The number of benzene rings is 4. The first-order chi connectivity index (χ1) is 18.4. The van der Waals surface area contributed by atoms with Gasteiger partial charge in [0.25, 0.3) is 17.7 Å². The van der Waals surface area contributed by atoms with E-state index in [-0.39, 0.29) is 16.5 Å². The van der Waals surface area contributed by atoms with Crippen LogP contribution in [0, 0.1) is 0 Å². The molecule has 5 rings (SSSR count). The third-order valence-electron chi connectivity index (χ3n) is 5.62. The topological polar surface area (TPSA) is 78.5 Å². The Kier molecular flexibility index (Phi) is 7.64. The number of carbonyl (C=O) groups excluding carboxylic acids is 3. The molecule has 1 aliphatic rings. The van der Waals surface area contributed by atoms with Crippen molar-refractivity contribution in [2.45, 2.75) is 4.90 Å². The number of thioether (sulfide) groups is 1. The summed E-state index contributed by atoms with van der Waals surface area (Å²) in [5.74, 6) is -1.17. The summed E-state index contributed by atoms with van der Waals surface area (Å²) in [6.07, 6.45) is 0. The van der Waals surface area contributed by atoms with Crippen LogP contribution >= 0.6 is 39.3 Å². The number of rotatable bonds is 7. The van der Waals surface area contributed by atoms with Gasteiger partial charge in [-0.3, -0.25) is 14.4 Å². The van der Waals surface area contributed by atoms with E-state index >= 15 is 0 Å². The number of nitrogens with one attached hydrogen (secondary N) is 2. The summed E-state index contributed by atoms with van der Waals surface area (Å²) in [6.45, 7) is 0. The van der Waals surface area contributed by atoms with E-state index in [4.69, 9.17) is 11.6 Å². The number of hydrogen-bond acceptors (Lipinski definition) is 5. The molecule has 0 unspecified atom stereocenters. The predicted molar refractivity (Wildman–Crippen MR) is 155 cm³/mol. The molecular weight excluding hydrogens is 586 g/mol. The fourth-order valence-corrected chi connectivity index (χ4v) is 5.18. The third kappa shape index (κ3) is 5.52. The summed E-state index contributed by atoms with van der Waals surface area (Å²) in [6, 6.07) is 30.0. The standard InChI is InChI=1S/C29H19BrClN3O3S/c30-18-10-12-19(13-11-18)32-25-26(29(37)34(28(25)36)21-6-2-1-3-7-21)38-22-16-14-20(15-17-22)33-27(35)23-8-4-5-9-24(23)31/h1-17,32H,(H,33,35). The first kappa shape index (κ1) is 25.8. The second kappa shape index (κ2) is 11.3. The predicted octanol–water partition coefficient (Wildman–Crippen LogP) is 7.34. The lowest BCUT2D eigenvalue weighted by molar-refractivity contribution is -0.120. The Labute approximate surface area is 236 Å². The number of amides is 3. The Morgan fingerprint density at radius 2 is 1.39 bits per heavy atom.